The molecule has 6 aliphatic rings. The summed E-state index contributed by atoms with van der Waals surface area (Å²) >= 11 is 0. The van der Waals surface area contributed by atoms with Gasteiger partial charge in [-0.3, -0.25) is 4.79 Å². The second-order valence-electron chi connectivity index (χ2n) is 19.2. The van der Waals surface area contributed by atoms with E-state index in [0.29, 0.717) is 19.4 Å². The smallest absolute Gasteiger partial charge is 0.217 e. The third kappa shape index (κ3) is 14.1. The van der Waals surface area contributed by atoms with Gasteiger partial charge >= 0.3 is 0 Å². The van der Waals surface area contributed by atoms with E-state index < -0.39 is 223 Å². The first-order valence-electron chi connectivity index (χ1n) is 24.7. The predicted molar refractivity (Wildman–Crippen MR) is 236 cm³/mol. The largest absolute Gasteiger partial charge is 0.394 e. The zero-order valence-electron chi connectivity index (χ0n) is 40.9. The quantitative estimate of drug-likeness (QED) is 0.0448. The molecule has 32 nitrogen and oxygen atoms in total. The van der Waals surface area contributed by atoms with E-state index in [9.17, 15) is 91.6 Å². The Morgan fingerprint density at radius 1 is 0.413 bits per heavy atom. The zero-order valence-corrected chi connectivity index (χ0v) is 40.9. The van der Waals surface area contributed by atoms with Crippen LogP contribution >= 0.6 is 0 Å². The van der Waals surface area contributed by atoms with Crippen molar-refractivity contribution in [2.45, 2.75) is 217 Å². The molecular formula is C43H76N2O30. The molecular weight excluding hydrogens is 1020 g/mol. The Morgan fingerprint density at radius 3 is 1.39 bits per heavy atom. The van der Waals surface area contributed by atoms with Gasteiger partial charge in [0, 0.05) is 13.5 Å². The number of amides is 1. The Labute approximate surface area is 428 Å². The second kappa shape index (κ2) is 28.1. The van der Waals surface area contributed by atoms with Crippen molar-refractivity contribution in [1.29, 1.82) is 0 Å². The zero-order chi connectivity index (χ0) is 55.2. The van der Waals surface area contributed by atoms with Crippen LogP contribution in [-0.2, 0) is 61.6 Å². The van der Waals surface area contributed by atoms with Gasteiger partial charge in [0.2, 0.25) is 5.91 Å². The molecule has 0 aromatic rings. The second-order valence-corrected chi connectivity index (χ2v) is 19.2. The Balaban J connectivity index is 1.20. The van der Waals surface area contributed by atoms with Gasteiger partial charge in [-0.15, -0.1) is 0 Å². The van der Waals surface area contributed by atoms with Crippen LogP contribution in [0.3, 0.4) is 0 Å². The van der Waals surface area contributed by atoms with Gasteiger partial charge < -0.3 is 155 Å². The Bertz CT molecular complexity index is 1720. The van der Waals surface area contributed by atoms with Crippen LogP contribution in [-0.4, -0.2) is 323 Å². The molecule has 0 spiro atoms. The lowest BCUT2D eigenvalue weighted by molar-refractivity contribution is -0.393. The van der Waals surface area contributed by atoms with Crippen LogP contribution in [0.1, 0.15) is 33.1 Å². The summed E-state index contributed by atoms with van der Waals surface area (Å²) in [6, 6.07) is -1.78. The molecule has 0 aromatic heterocycles. The third-order valence-corrected chi connectivity index (χ3v) is 13.9. The average molecular weight is 1100 g/mol. The third-order valence-electron chi connectivity index (χ3n) is 13.9. The van der Waals surface area contributed by atoms with Gasteiger partial charge in [-0.2, -0.15) is 0 Å². The molecule has 32 heteroatoms. The normalized spacial score (nSPS) is 48.9. The van der Waals surface area contributed by atoms with Crippen molar-refractivity contribution < 1.29 is 148 Å². The maximum atomic E-state index is 12.8. The van der Waals surface area contributed by atoms with Crippen LogP contribution in [0.4, 0.5) is 0 Å². The van der Waals surface area contributed by atoms with Gasteiger partial charge in [0.15, 0.2) is 37.7 Å². The summed E-state index contributed by atoms with van der Waals surface area (Å²) in [5.74, 6) is -0.858. The van der Waals surface area contributed by atoms with Crippen molar-refractivity contribution in [2.75, 3.05) is 46.2 Å². The van der Waals surface area contributed by atoms with Crippen LogP contribution < -0.4 is 11.1 Å². The van der Waals surface area contributed by atoms with Gasteiger partial charge in [0.25, 0.3) is 0 Å². The standard InChI is InChI=1S/C43H76N2O30/c1-13-21(52)25(56)29(60)40(65-13)75-37-26(57)22(53)15(8-46)68-43(37)73-35-20(45-14(2)51)38(66-16(9-47)23(35)54)74-36-24(55)17(10-48)67-42(32(36)63)72-34-19(12-50)70-41(31(62)28(34)59)71-33-18(11-49)69-39(30(61)27(33)58)64-7-5-3-4-6-44/h13,15-43,46-50,52-63H,3-12,44H2,1-2H3,(H,45,51)/t13?,15?,16?,17?,18?,19?,20?,21?,22-,23-,24-,25?,26?,27?,28?,29-,30?,31?,32?,33+,34-,35?,36?,37?,38-,39+,40-,41-,42+,43-/m0/s1. The van der Waals surface area contributed by atoms with Crippen molar-refractivity contribution >= 4 is 5.91 Å². The summed E-state index contributed by atoms with van der Waals surface area (Å²) in [6.45, 7) is -1.86. The number of unbranched alkanes of at least 4 members (excludes halogenated alkanes) is 2. The van der Waals surface area contributed by atoms with Crippen LogP contribution in [0.25, 0.3) is 0 Å². The number of aliphatic hydroxyl groups excluding tert-OH is 17. The Morgan fingerprint density at radius 2 is 0.827 bits per heavy atom. The molecule has 6 fully saturated rings. The van der Waals surface area contributed by atoms with Crippen molar-refractivity contribution in [2.24, 2.45) is 5.73 Å². The lowest BCUT2D eigenvalue weighted by Crippen LogP contribution is -2.70. The fourth-order valence-corrected chi connectivity index (χ4v) is 9.59. The SMILES string of the molecule is CC(=O)NC1C(O[C@@H]2OC(CO)[C@H](O)C(O)C2O[C@@H]2OC(C)C(O)C(O)[C@@H]2O)[C@@H](O)C(CO)O[C@H]1OC1C(O)[C@@H](O[C@H]2C(CO)O[C@@H](O[C@@H]3C(CO)O[C@@H](OCCCCCN)C(O)C3O)C(O)C2O)OC(CO)[C@@H]1O. The molecule has 18 unspecified atom stereocenters. The Kier molecular flexibility index (Phi) is 23.4. The summed E-state index contributed by atoms with van der Waals surface area (Å²) in [4.78, 5) is 12.8. The van der Waals surface area contributed by atoms with Crippen LogP contribution in [0.15, 0.2) is 0 Å². The summed E-state index contributed by atoms with van der Waals surface area (Å²) < 4.78 is 69.1. The molecule has 20 N–H and O–H groups in total. The van der Waals surface area contributed by atoms with Gasteiger partial charge in [-0.25, -0.2) is 0 Å². The first-order chi connectivity index (χ1) is 35.7. The number of hydrogen-bond donors (Lipinski definition) is 19. The van der Waals surface area contributed by atoms with Crippen molar-refractivity contribution in [1.82, 2.24) is 5.32 Å². The summed E-state index contributed by atoms with van der Waals surface area (Å²) in [5.41, 5.74) is 5.51. The highest BCUT2D eigenvalue weighted by Gasteiger charge is 2.58. The number of rotatable bonds is 22. The topological polar surface area (TPSA) is 510 Å². The molecule has 1 amide bonds. The highest BCUT2D eigenvalue weighted by atomic mass is 16.8. The molecule has 6 heterocycles. The highest BCUT2D eigenvalue weighted by Crippen LogP contribution is 2.37. The minimum absolute atomic E-state index is 0.111. The number of carbonyl (C=O) groups is 1. The molecule has 75 heavy (non-hydrogen) atoms. The predicted octanol–water partition coefficient (Wildman–Crippen LogP) is -11.8. The average Bonchev–Trinajstić information content (AvgIpc) is 3.39. The fourth-order valence-electron chi connectivity index (χ4n) is 9.59. The molecule has 6 aliphatic heterocycles. The number of carbonyl (C=O) groups excluding carboxylic acids is 1. The molecule has 30 atom stereocenters. The van der Waals surface area contributed by atoms with E-state index in [1.165, 1.54) is 6.92 Å². The molecule has 6 rings (SSSR count). The van der Waals surface area contributed by atoms with E-state index >= 15 is 0 Å². The molecule has 0 aromatic carbocycles. The number of ether oxygens (including phenoxy) is 12. The first kappa shape index (κ1) is 62.5. The van der Waals surface area contributed by atoms with Gasteiger partial charge in [0.1, 0.15) is 140 Å². The van der Waals surface area contributed by atoms with E-state index in [1.807, 2.05) is 0 Å². The van der Waals surface area contributed by atoms with E-state index in [2.05, 4.69) is 5.32 Å². The number of aliphatic hydroxyl groups is 17. The molecule has 6 saturated heterocycles. The number of nitrogens with one attached hydrogen (secondary N) is 1. The van der Waals surface area contributed by atoms with Crippen molar-refractivity contribution in [3.63, 3.8) is 0 Å². The van der Waals surface area contributed by atoms with E-state index in [1.54, 1.807) is 0 Å². The van der Waals surface area contributed by atoms with Crippen molar-refractivity contribution in [3.05, 3.63) is 0 Å². The molecule has 0 saturated carbocycles. The number of hydrogen-bond acceptors (Lipinski definition) is 31. The van der Waals surface area contributed by atoms with Gasteiger partial charge in [-0.1, -0.05) is 0 Å². The first-order valence-corrected chi connectivity index (χ1v) is 24.7. The molecule has 0 aliphatic carbocycles. The lowest BCUT2D eigenvalue weighted by atomic mass is 9.94. The minimum atomic E-state index is -2.21. The van der Waals surface area contributed by atoms with Crippen LogP contribution in [0, 0.1) is 0 Å². The summed E-state index contributed by atoms with van der Waals surface area (Å²) in [6.07, 6.45) is -51.2. The monoisotopic (exact) mass is 1100 g/mol. The van der Waals surface area contributed by atoms with Gasteiger partial charge in [0.05, 0.1) is 39.1 Å². The Hall–Kier alpha value is -1.73. The fraction of sp³-hybridized carbons (Fsp3) is 0.977. The molecule has 0 radical (unpaired) electrons. The maximum absolute atomic E-state index is 12.8. The summed E-state index contributed by atoms with van der Waals surface area (Å²) in [5, 5.41) is 186. The lowest BCUT2D eigenvalue weighted by Gasteiger charge is -2.51. The minimum Gasteiger partial charge on any atom is -0.394 e. The molecule has 0 bridgehead atoms. The van der Waals surface area contributed by atoms with Crippen molar-refractivity contribution in [3.8, 4) is 0 Å². The van der Waals surface area contributed by atoms with Crippen LogP contribution in [0.2, 0.25) is 0 Å². The van der Waals surface area contributed by atoms with E-state index in [0.717, 1.165) is 13.3 Å². The summed E-state index contributed by atoms with van der Waals surface area (Å²) in [7, 11) is 0. The van der Waals surface area contributed by atoms with Crippen LogP contribution in [0.5, 0.6) is 0 Å². The maximum Gasteiger partial charge on any atom is 0.217 e. The van der Waals surface area contributed by atoms with E-state index in [-0.39, 0.29) is 6.61 Å². The van der Waals surface area contributed by atoms with E-state index in [4.69, 9.17) is 62.6 Å². The number of nitrogens with two attached hydrogens (primary N) is 1. The highest BCUT2D eigenvalue weighted by molar-refractivity contribution is 5.73. The van der Waals surface area contributed by atoms with Gasteiger partial charge in [-0.05, 0) is 32.7 Å². The molecule has 438 valence electrons.